The predicted molar refractivity (Wildman–Crippen MR) is 112 cm³/mol. The predicted octanol–water partition coefficient (Wildman–Crippen LogP) is 2.83. The average molecular weight is 413 g/mol. The van der Waals surface area contributed by atoms with Crippen molar-refractivity contribution in [1.29, 1.82) is 0 Å². The molecule has 0 radical (unpaired) electrons. The number of carbonyl (C=O) groups excluding carboxylic acids is 2. The third kappa shape index (κ3) is 4.81. The summed E-state index contributed by atoms with van der Waals surface area (Å²) in [6.45, 7) is 2.21. The van der Waals surface area contributed by atoms with Crippen molar-refractivity contribution in [3.63, 3.8) is 0 Å². The highest BCUT2D eigenvalue weighted by molar-refractivity contribution is 7.89. The van der Waals surface area contributed by atoms with Gasteiger partial charge >= 0.3 is 0 Å². The number of hydrogen-bond donors (Lipinski definition) is 0. The summed E-state index contributed by atoms with van der Waals surface area (Å²) in [6.07, 6.45) is 2.75. The smallest absolute Gasteiger partial charge is 0.243 e. The number of amides is 1. The van der Waals surface area contributed by atoms with Crippen LogP contribution < -0.4 is 0 Å². The molecule has 6 nitrogen and oxygen atoms in total. The molecule has 7 heteroatoms. The Kier molecular flexibility index (Phi) is 6.30. The van der Waals surface area contributed by atoms with Crippen LogP contribution in [-0.4, -0.2) is 56.0 Å². The lowest BCUT2D eigenvalue weighted by Crippen LogP contribution is -2.42. The van der Waals surface area contributed by atoms with Gasteiger partial charge in [0.25, 0.3) is 0 Å². The number of hydrogen-bond acceptors (Lipinski definition) is 4. The maximum Gasteiger partial charge on any atom is 0.243 e. The second-order valence-corrected chi connectivity index (χ2v) is 9.07. The molecule has 1 heterocycles. The molecule has 0 unspecified atom stereocenters. The van der Waals surface area contributed by atoms with Gasteiger partial charge in [0.2, 0.25) is 15.9 Å². The fourth-order valence-corrected chi connectivity index (χ4v) is 4.35. The van der Waals surface area contributed by atoms with E-state index in [0.717, 1.165) is 16.3 Å². The summed E-state index contributed by atoms with van der Waals surface area (Å²) in [7, 11) is -2.42. The second-order valence-electron chi connectivity index (χ2n) is 7.03. The number of benzene rings is 2. The summed E-state index contributed by atoms with van der Waals surface area (Å²) in [5.41, 5.74) is 2.78. The largest absolute Gasteiger partial charge is 0.337 e. The summed E-state index contributed by atoms with van der Waals surface area (Å²) in [5, 5.41) is 0. The first-order chi connectivity index (χ1) is 13.8. The maximum atomic E-state index is 12.7. The molecule has 0 atom stereocenters. The zero-order chi connectivity index (χ0) is 21.0. The molecule has 1 amide bonds. The van der Waals surface area contributed by atoms with Crippen molar-refractivity contribution in [2.45, 2.75) is 18.2 Å². The first-order valence-electron chi connectivity index (χ1n) is 9.38. The standard InChI is InChI=1S/C22H24N2O4S/c1-17(25)18-8-10-21(11-9-18)29(27,28)23(2)16-22(26)24-14-12-20(13-15-24)19-6-4-3-5-7-19/h3-12H,13-16H2,1-2H3. The van der Waals surface area contributed by atoms with E-state index in [2.05, 4.69) is 0 Å². The number of sulfonamides is 1. The van der Waals surface area contributed by atoms with Crippen molar-refractivity contribution in [2.24, 2.45) is 0 Å². The lowest BCUT2D eigenvalue weighted by atomic mass is 9.99. The van der Waals surface area contributed by atoms with Gasteiger partial charge in [0, 0.05) is 25.7 Å². The summed E-state index contributed by atoms with van der Waals surface area (Å²) >= 11 is 0. The maximum absolute atomic E-state index is 12.7. The molecule has 1 aliphatic heterocycles. The van der Waals surface area contributed by atoms with Crippen LogP contribution in [0.3, 0.4) is 0 Å². The normalized spacial score (nSPS) is 14.6. The van der Waals surface area contributed by atoms with E-state index < -0.39 is 10.0 Å². The van der Waals surface area contributed by atoms with E-state index in [4.69, 9.17) is 0 Å². The number of ketones is 1. The van der Waals surface area contributed by atoms with E-state index in [1.165, 1.54) is 43.8 Å². The molecule has 29 heavy (non-hydrogen) atoms. The summed E-state index contributed by atoms with van der Waals surface area (Å²) in [6, 6.07) is 15.8. The SMILES string of the molecule is CC(=O)c1ccc(S(=O)(=O)N(C)CC(=O)N2CC=C(c3ccccc3)CC2)cc1. The van der Waals surface area contributed by atoms with E-state index in [1.54, 1.807) is 4.90 Å². The molecule has 0 fully saturated rings. The lowest BCUT2D eigenvalue weighted by Gasteiger charge is -2.28. The van der Waals surface area contributed by atoms with Crippen molar-refractivity contribution >= 4 is 27.3 Å². The number of Topliss-reactive ketones (excluding diaryl/α,β-unsaturated/α-hetero) is 1. The second kappa shape index (κ2) is 8.71. The summed E-state index contributed by atoms with van der Waals surface area (Å²) < 4.78 is 26.5. The van der Waals surface area contributed by atoms with Gasteiger partial charge in [0.1, 0.15) is 0 Å². The van der Waals surface area contributed by atoms with Gasteiger partial charge in [-0.05, 0) is 36.6 Å². The Morgan fingerprint density at radius 1 is 1.03 bits per heavy atom. The van der Waals surface area contributed by atoms with Gasteiger partial charge in [0.05, 0.1) is 11.4 Å². The van der Waals surface area contributed by atoms with Crippen molar-refractivity contribution < 1.29 is 18.0 Å². The molecular weight excluding hydrogens is 388 g/mol. The van der Waals surface area contributed by atoms with Crippen LogP contribution in [-0.2, 0) is 14.8 Å². The molecule has 1 aliphatic rings. The number of likely N-dealkylation sites (N-methyl/N-ethyl adjacent to an activating group) is 1. The van der Waals surface area contributed by atoms with E-state index in [1.807, 2.05) is 36.4 Å². The van der Waals surface area contributed by atoms with E-state index >= 15 is 0 Å². The van der Waals surface area contributed by atoms with Gasteiger partial charge < -0.3 is 4.90 Å². The van der Waals surface area contributed by atoms with Crippen LogP contribution in [0, 0.1) is 0 Å². The molecule has 2 aromatic carbocycles. The number of carbonyl (C=O) groups is 2. The Hall–Kier alpha value is -2.77. The molecule has 0 saturated heterocycles. The first-order valence-corrected chi connectivity index (χ1v) is 10.8. The molecule has 0 aliphatic carbocycles. The van der Waals surface area contributed by atoms with Crippen molar-refractivity contribution in [3.05, 3.63) is 71.8 Å². The minimum atomic E-state index is -3.81. The van der Waals surface area contributed by atoms with Gasteiger partial charge in [0.15, 0.2) is 5.78 Å². The van der Waals surface area contributed by atoms with Gasteiger partial charge in [-0.3, -0.25) is 9.59 Å². The van der Waals surface area contributed by atoms with Crippen LogP contribution >= 0.6 is 0 Å². The van der Waals surface area contributed by atoms with E-state index in [9.17, 15) is 18.0 Å². The molecular formula is C22H24N2O4S. The Morgan fingerprint density at radius 2 is 1.69 bits per heavy atom. The molecule has 152 valence electrons. The minimum Gasteiger partial charge on any atom is -0.337 e. The zero-order valence-electron chi connectivity index (χ0n) is 16.5. The van der Waals surface area contributed by atoms with Gasteiger partial charge in [-0.25, -0.2) is 8.42 Å². The third-order valence-corrected chi connectivity index (χ3v) is 6.85. The Balaban J connectivity index is 1.64. The Bertz CT molecular complexity index is 1030. The van der Waals surface area contributed by atoms with Crippen LogP contribution in [0.15, 0.2) is 65.6 Å². The van der Waals surface area contributed by atoms with Crippen LogP contribution in [0.25, 0.3) is 5.57 Å². The molecule has 0 saturated carbocycles. The van der Waals surface area contributed by atoms with Crippen molar-refractivity contribution in [1.82, 2.24) is 9.21 Å². The monoisotopic (exact) mass is 412 g/mol. The van der Waals surface area contributed by atoms with Crippen LogP contribution in [0.1, 0.15) is 29.3 Å². The molecule has 3 rings (SSSR count). The first kappa shape index (κ1) is 21.0. The highest BCUT2D eigenvalue weighted by atomic mass is 32.2. The van der Waals surface area contributed by atoms with Gasteiger partial charge in [-0.2, -0.15) is 4.31 Å². The molecule has 0 bridgehead atoms. The third-order valence-electron chi connectivity index (χ3n) is 5.03. The highest BCUT2D eigenvalue weighted by Crippen LogP contribution is 2.22. The average Bonchev–Trinajstić information content (AvgIpc) is 2.74. The topological polar surface area (TPSA) is 74.8 Å². The lowest BCUT2D eigenvalue weighted by molar-refractivity contribution is -0.130. The van der Waals surface area contributed by atoms with Crippen molar-refractivity contribution in [3.8, 4) is 0 Å². The van der Waals surface area contributed by atoms with Crippen LogP contribution in [0.4, 0.5) is 0 Å². The molecule has 0 N–H and O–H groups in total. The molecule has 0 aromatic heterocycles. The number of nitrogens with zero attached hydrogens (tertiary/aromatic N) is 2. The van der Waals surface area contributed by atoms with Gasteiger partial charge in [-0.15, -0.1) is 0 Å². The minimum absolute atomic E-state index is 0.0581. The molecule has 2 aromatic rings. The number of rotatable bonds is 6. The van der Waals surface area contributed by atoms with Crippen LogP contribution in [0.5, 0.6) is 0 Å². The van der Waals surface area contributed by atoms with Gasteiger partial charge in [-0.1, -0.05) is 48.5 Å². The Labute approximate surface area is 171 Å². The fourth-order valence-electron chi connectivity index (χ4n) is 3.23. The fraction of sp³-hybridized carbons (Fsp3) is 0.273. The highest BCUT2D eigenvalue weighted by Gasteiger charge is 2.26. The molecule has 0 spiro atoms. The Morgan fingerprint density at radius 3 is 2.24 bits per heavy atom. The van der Waals surface area contributed by atoms with Crippen LogP contribution in [0.2, 0.25) is 0 Å². The van der Waals surface area contributed by atoms with E-state index in [-0.39, 0.29) is 23.1 Å². The van der Waals surface area contributed by atoms with E-state index in [0.29, 0.717) is 18.7 Å². The summed E-state index contributed by atoms with van der Waals surface area (Å²) in [5.74, 6) is -0.370. The summed E-state index contributed by atoms with van der Waals surface area (Å²) in [4.78, 5) is 25.7. The quantitative estimate of drug-likeness (QED) is 0.684. The van der Waals surface area contributed by atoms with Crippen molar-refractivity contribution in [2.75, 3.05) is 26.7 Å². The zero-order valence-corrected chi connectivity index (χ0v) is 17.4.